The molecule has 0 aromatic heterocycles. The molecule has 0 spiro atoms. The lowest BCUT2D eigenvalue weighted by molar-refractivity contribution is 0.720. The SMILES string of the molecule is CCNC(C)Sc1ccc(Br)cc1NC. The Morgan fingerprint density at radius 1 is 1.47 bits per heavy atom. The molecule has 2 N–H and O–H groups in total. The van der Waals surface area contributed by atoms with Gasteiger partial charge in [-0.3, -0.25) is 0 Å². The van der Waals surface area contributed by atoms with Gasteiger partial charge < -0.3 is 10.6 Å². The van der Waals surface area contributed by atoms with Crippen molar-refractivity contribution in [1.29, 1.82) is 0 Å². The van der Waals surface area contributed by atoms with E-state index in [0.717, 1.165) is 11.0 Å². The van der Waals surface area contributed by atoms with Crippen LogP contribution < -0.4 is 10.6 Å². The van der Waals surface area contributed by atoms with Crippen molar-refractivity contribution in [3.8, 4) is 0 Å². The minimum absolute atomic E-state index is 0.434. The van der Waals surface area contributed by atoms with E-state index in [0.29, 0.717) is 5.37 Å². The van der Waals surface area contributed by atoms with Gasteiger partial charge in [-0.25, -0.2) is 0 Å². The van der Waals surface area contributed by atoms with Crippen LogP contribution in [0.3, 0.4) is 0 Å². The summed E-state index contributed by atoms with van der Waals surface area (Å²) < 4.78 is 1.10. The molecule has 0 saturated carbocycles. The van der Waals surface area contributed by atoms with Crippen LogP contribution in [0.15, 0.2) is 27.6 Å². The lowest BCUT2D eigenvalue weighted by atomic mass is 10.3. The van der Waals surface area contributed by atoms with Gasteiger partial charge in [0.1, 0.15) is 0 Å². The highest BCUT2D eigenvalue weighted by Gasteiger charge is 2.06. The van der Waals surface area contributed by atoms with Crippen molar-refractivity contribution in [2.75, 3.05) is 18.9 Å². The topological polar surface area (TPSA) is 24.1 Å². The largest absolute Gasteiger partial charge is 0.387 e. The molecule has 0 amide bonds. The zero-order valence-corrected chi connectivity index (χ0v) is 11.7. The lowest BCUT2D eigenvalue weighted by Crippen LogP contribution is -2.21. The molecule has 0 aliphatic heterocycles. The van der Waals surface area contributed by atoms with Gasteiger partial charge in [0, 0.05) is 22.1 Å². The second-order valence-electron chi connectivity index (χ2n) is 3.21. The van der Waals surface area contributed by atoms with Crippen molar-refractivity contribution in [2.24, 2.45) is 0 Å². The molecule has 0 aliphatic rings. The van der Waals surface area contributed by atoms with Gasteiger partial charge in [-0.1, -0.05) is 22.9 Å². The first-order chi connectivity index (χ1) is 7.17. The summed E-state index contributed by atoms with van der Waals surface area (Å²) in [5.41, 5.74) is 1.17. The molecular weight excluding hydrogens is 272 g/mol. The zero-order chi connectivity index (χ0) is 11.3. The summed E-state index contributed by atoms with van der Waals surface area (Å²) in [6.45, 7) is 5.30. The molecule has 0 bridgehead atoms. The van der Waals surface area contributed by atoms with Crippen molar-refractivity contribution < 1.29 is 0 Å². The molecule has 1 aromatic rings. The van der Waals surface area contributed by atoms with Crippen molar-refractivity contribution in [3.05, 3.63) is 22.7 Å². The van der Waals surface area contributed by atoms with Crippen molar-refractivity contribution >= 4 is 33.4 Å². The number of thioether (sulfide) groups is 1. The quantitative estimate of drug-likeness (QED) is 0.640. The normalized spacial score (nSPS) is 12.5. The summed E-state index contributed by atoms with van der Waals surface area (Å²) in [5.74, 6) is 0. The van der Waals surface area contributed by atoms with E-state index in [1.54, 1.807) is 0 Å². The first kappa shape index (κ1) is 12.9. The van der Waals surface area contributed by atoms with E-state index in [2.05, 4.69) is 58.6 Å². The molecular formula is C11H17BrN2S. The summed E-state index contributed by atoms with van der Waals surface area (Å²) >= 11 is 5.30. The van der Waals surface area contributed by atoms with Gasteiger partial charge in [0.05, 0.1) is 5.37 Å². The highest BCUT2D eigenvalue weighted by atomic mass is 79.9. The molecule has 0 radical (unpaired) electrons. The summed E-state index contributed by atoms with van der Waals surface area (Å²) in [7, 11) is 1.95. The first-order valence-electron chi connectivity index (χ1n) is 5.04. The molecule has 1 unspecified atom stereocenters. The van der Waals surface area contributed by atoms with Gasteiger partial charge in [-0.15, -0.1) is 11.8 Å². The molecule has 1 aromatic carbocycles. The van der Waals surface area contributed by atoms with E-state index < -0.39 is 0 Å². The van der Waals surface area contributed by atoms with Crippen molar-refractivity contribution in [1.82, 2.24) is 5.32 Å². The number of hydrogen-bond donors (Lipinski definition) is 2. The highest BCUT2D eigenvalue weighted by molar-refractivity contribution is 9.10. The molecule has 15 heavy (non-hydrogen) atoms. The molecule has 0 saturated heterocycles. The van der Waals surface area contributed by atoms with E-state index in [1.165, 1.54) is 10.6 Å². The van der Waals surface area contributed by atoms with Crippen LogP contribution in [0.25, 0.3) is 0 Å². The Morgan fingerprint density at radius 3 is 2.80 bits per heavy atom. The Morgan fingerprint density at radius 2 is 2.20 bits per heavy atom. The average Bonchev–Trinajstić information content (AvgIpc) is 2.21. The van der Waals surface area contributed by atoms with Crippen molar-refractivity contribution in [3.63, 3.8) is 0 Å². The van der Waals surface area contributed by atoms with E-state index in [-0.39, 0.29) is 0 Å². The van der Waals surface area contributed by atoms with Gasteiger partial charge in [0.25, 0.3) is 0 Å². The van der Waals surface area contributed by atoms with Crippen LogP contribution in [0.1, 0.15) is 13.8 Å². The molecule has 4 heteroatoms. The Kier molecular flexibility index (Phi) is 5.50. The standard InChI is InChI=1S/C11H17BrN2S/c1-4-14-8(2)15-11-6-5-9(12)7-10(11)13-3/h5-8,13-14H,4H2,1-3H3. The average molecular weight is 289 g/mol. The second kappa shape index (κ2) is 6.40. The fourth-order valence-corrected chi connectivity index (χ4v) is 2.75. The smallest absolute Gasteiger partial charge is 0.0551 e. The van der Waals surface area contributed by atoms with E-state index in [4.69, 9.17) is 0 Å². The minimum atomic E-state index is 0.434. The van der Waals surface area contributed by atoms with E-state index in [1.807, 2.05) is 18.8 Å². The number of hydrogen-bond acceptors (Lipinski definition) is 3. The molecule has 1 rings (SSSR count). The third kappa shape index (κ3) is 4.05. The predicted octanol–water partition coefficient (Wildman–Crippen LogP) is 3.54. The maximum Gasteiger partial charge on any atom is 0.0551 e. The van der Waals surface area contributed by atoms with E-state index in [9.17, 15) is 0 Å². The first-order valence-corrected chi connectivity index (χ1v) is 6.72. The Bertz CT molecular complexity index is 317. The highest BCUT2D eigenvalue weighted by Crippen LogP contribution is 2.31. The third-order valence-electron chi connectivity index (χ3n) is 2.01. The van der Waals surface area contributed by atoms with Crippen LogP contribution in [-0.4, -0.2) is 19.0 Å². The minimum Gasteiger partial charge on any atom is -0.387 e. The predicted molar refractivity (Wildman–Crippen MR) is 72.7 cm³/mol. The molecule has 0 fully saturated rings. The maximum absolute atomic E-state index is 3.47. The third-order valence-corrected chi connectivity index (χ3v) is 3.63. The second-order valence-corrected chi connectivity index (χ2v) is 5.51. The Labute approximate surface area is 104 Å². The summed E-state index contributed by atoms with van der Waals surface area (Å²) in [4.78, 5) is 1.27. The summed E-state index contributed by atoms with van der Waals surface area (Å²) in [5, 5.41) is 7.02. The van der Waals surface area contributed by atoms with Crippen LogP contribution in [0.2, 0.25) is 0 Å². The number of anilines is 1. The molecule has 0 aliphatic carbocycles. The van der Waals surface area contributed by atoms with Gasteiger partial charge in [0.2, 0.25) is 0 Å². The fourth-order valence-electron chi connectivity index (χ4n) is 1.32. The number of nitrogens with one attached hydrogen (secondary N) is 2. The maximum atomic E-state index is 3.47. The van der Waals surface area contributed by atoms with Gasteiger partial charge in [0.15, 0.2) is 0 Å². The molecule has 1 atom stereocenters. The fraction of sp³-hybridized carbons (Fsp3) is 0.455. The molecule has 0 heterocycles. The van der Waals surface area contributed by atoms with Gasteiger partial charge in [-0.05, 0) is 31.7 Å². The van der Waals surface area contributed by atoms with Gasteiger partial charge >= 0.3 is 0 Å². The van der Waals surface area contributed by atoms with Gasteiger partial charge in [-0.2, -0.15) is 0 Å². The molecule has 84 valence electrons. The number of benzene rings is 1. The van der Waals surface area contributed by atoms with E-state index >= 15 is 0 Å². The van der Waals surface area contributed by atoms with Crippen LogP contribution in [-0.2, 0) is 0 Å². The molecule has 2 nitrogen and oxygen atoms in total. The van der Waals surface area contributed by atoms with Crippen LogP contribution in [0.5, 0.6) is 0 Å². The lowest BCUT2D eigenvalue weighted by Gasteiger charge is -2.15. The summed E-state index contributed by atoms with van der Waals surface area (Å²) in [6, 6.07) is 6.30. The van der Waals surface area contributed by atoms with Crippen LogP contribution in [0.4, 0.5) is 5.69 Å². The summed E-state index contributed by atoms with van der Waals surface area (Å²) in [6.07, 6.45) is 0. The van der Waals surface area contributed by atoms with Crippen molar-refractivity contribution in [2.45, 2.75) is 24.1 Å². The number of rotatable bonds is 5. The Balaban J connectivity index is 2.75. The van der Waals surface area contributed by atoms with Crippen LogP contribution >= 0.6 is 27.7 Å². The zero-order valence-electron chi connectivity index (χ0n) is 9.30. The van der Waals surface area contributed by atoms with Crippen LogP contribution in [0, 0.1) is 0 Å². The monoisotopic (exact) mass is 288 g/mol. The Hall–Kier alpha value is -0.190. The number of halogens is 1.